The molecule has 3 aromatic rings. The van der Waals surface area contributed by atoms with E-state index in [2.05, 4.69) is 25.7 Å². The molecule has 0 aliphatic rings. The van der Waals surface area contributed by atoms with Crippen LogP contribution < -0.4 is 10.6 Å². The summed E-state index contributed by atoms with van der Waals surface area (Å²) in [5, 5.41) is 12.4. The van der Waals surface area contributed by atoms with E-state index in [1.807, 2.05) is 42.9 Å². The van der Waals surface area contributed by atoms with Gasteiger partial charge in [-0.15, -0.1) is 35.3 Å². The van der Waals surface area contributed by atoms with Crippen LogP contribution >= 0.6 is 46.9 Å². The van der Waals surface area contributed by atoms with Crippen LogP contribution in [0.25, 0.3) is 10.2 Å². The van der Waals surface area contributed by atoms with Crippen molar-refractivity contribution in [2.75, 3.05) is 6.54 Å². The fourth-order valence-electron chi connectivity index (χ4n) is 2.24. The molecule has 0 saturated carbocycles. The fraction of sp³-hybridized carbons (Fsp3) is 0.312. The van der Waals surface area contributed by atoms with Gasteiger partial charge in [0.2, 0.25) is 0 Å². The van der Waals surface area contributed by atoms with Crippen LogP contribution in [0, 0.1) is 0 Å². The predicted molar refractivity (Wildman–Crippen MR) is 115 cm³/mol. The van der Waals surface area contributed by atoms with E-state index in [-0.39, 0.29) is 24.0 Å². The average molecular weight is 491 g/mol. The first-order valence-corrected chi connectivity index (χ1v) is 8.89. The van der Waals surface area contributed by atoms with Crippen molar-refractivity contribution in [2.45, 2.75) is 20.0 Å². The number of guanidine groups is 1. The lowest BCUT2D eigenvalue weighted by Gasteiger charge is -2.10. The number of hydrogen-bond acceptors (Lipinski definition) is 4. The summed E-state index contributed by atoms with van der Waals surface area (Å²) in [5.74, 6) is 0.760. The number of halogens is 2. The van der Waals surface area contributed by atoms with Crippen LogP contribution in [0.4, 0.5) is 0 Å². The van der Waals surface area contributed by atoms with Crippen LogP contribution in [0.3, 0.4) is 0 Å². The number of hydrogen-bond donors (Lipinski definition) is 2. The Bertz CT molecular complexity index is 859. The van der Waals surface area contributed by atoms with Crippen molar-refractivity contribution in [3.05, 3.63) is 46.2 Å². The first kappa shape index (κ1) is 19.9. The Hall–Kier alpha value is -1.39. The zero-order chi connectivity index (χ0) is 16.9. The highest BCUT2D eigenvalue weighted by Gasteiger charge is 2.06. The van der Waals surface area contributed by atoms with Crippen LogP contribution in [-0.4, -0.2) is 27.3 Å². The molecular formula is C16H20ClIN6S. The minimum absolute atomic E-state index is 0. The third kappa shape index (κ3) is 5.29. The number of fused-ring (bicyclic) bond motifs is 1. The van der Waals surface area contributed by atoms with Gasteiger partial charge in [0.15, 0.2) is 5.96 Å². The summed E-state index contributed by atoms with van der Waals surface area (Å²) in [4.78, 5) is 9.19. The highest BCUT2D eigenvalue weighted by molar-refractivity contribution is 14.0. The van der Waals surface area contributed by atoms with Crippen LogP contribution in [0.15, 0.2) is 35.5 Å². The summed E-state index contributed by atoms with van der Waals surface area (Å²) in [7, 11) is 1.91. The van der Waals surface area contributed by atoms with Gasteiger partial charge in [0.05, 0.1) is 29.0 Å². The molecule has 25 heavy (non-hydrogen) atoms. The molecule has 0 amide bonds. The quantitative estimate of drug-likeness (QED) is 0.326. The third-order valence-electron chi connectivity index (χ3n) is 3.47. The minimum Gasteiger partial charge on any atom is -0.357 e. The van der Waals surface area contributed by atoms with Gasteiger partial charge in [-0.1, -0.05) is 11.6 Å². The van der Waals surface area contributed by atoms with Gasteiger partial charge in [-0.2, -0.15) is 5.10 Å². The molecule has 6 nitrogen and oxygen atoms in total. The van der Waals surface area contributed by atoms with E-state index in [1.54, 1.807) is 17.5 Å². The molecule has 3 rings (SSSR count). The van der Waals surface area contributed by atoms with E-state index < -0.39 is 0 Å². The first-order chi connectivity index (χ1) is 11.7. The summed E-state index contributed by atoms with van der Waals surface area (Å²) < 4.78 is 2.96. The summed E-state index contributed by atoms with van der Waals surface area (Å²) in [6.45, 7) is 4.03. The summed E-state index contributed by atoms with van der Waals surface area (Å²) in [6, 6.07) is 7.74. The van der Waals surface area contributed by atoms with Crippen molar-refractivity contribution >= 4 is 63.1 Å². The van der Waals surface area contributed by atoms with Crippen LogP contribution in [0.2, 0.25) is 5.02 Å². The number of rotatable bonds is 5. The Morgan fingerprint density at radius 3 is 2.88 bits per heavy atom. The van der Waals surface area contributed by atoms with Crippen LogP contribution in [0.1, 0.15) is 17.6 Å². The lowest BCUT2D eigenvalue weighted by molar-refractivity contribution is 0.707. The molecular weight excluding hydrogens is 471 g/mol. The van der Waals surface area contributed by atoms with Crippen molar-refractivity contribution in [1.82, 2.24) is 25.4 Å². The van der Waals surface area contributed by atoms with Gasteiger partial charge >= 0.3 is 0 Å². The van der Waals surface area contributed by atoms with E-state index in [0.717, 1.165) is 33.4 Å². The molecule has 0 aliphatic heterocycles. The molecule has 9 heteroatoms. The zero-order valence-corrected chi connectivity index (χ0v) is 17.9. The lowest BCUT2D eigenvalue weighted by Crippen LogP contribution is -2.36. The Morgan fingerprint density at radius 2 is 2.16 bits per heavy atom. The van der Waals surface area contributed by atoms with E-state index in [4.69, 9.17) is 11.6 Å². The Labute approximate surface area is 172 Å². The Kier molecular flexibility index (Phi) is 7.45. The fourth-order valence-corrected chi connectivity index (χ4v) is 3.30. The molecule has 0 bridgehead atoms. The summed E-state index contributed by atoms with van der Waals surface area (Å²) >= 11 is 7.67. The standard InChI is InChI=1S/C16H19ClN6S.HI/c1-3-18-16(19-9-12-6-7-21-23(12)2)20-10-15-22-13-8-11(17)4-5-14(13)24-15;/h4-8H,3,9-10H2,1-2H3,(H2,18,19,20);1H. The molecule has 0 unspecified atom stereocenters. The second-order valence-electron chi connectivity index (χ2n) is 5.21. The molecule has 0 fully saturated rings. The van der Waals surface area contributed by atoms with Crippen molar-refractivity contribution in [1.29, 1.82) is 0 Å². The van der Waals surface area contributed by atoms with Gasteiger partial charge in [-0.3, -0.25) is 4.68 Å². The molecule has 0 spiro atoms. The normalized spacial score (nSPS) is 11.4. The van der Waals surface area contributed by atoms with Gasteiger partial charge in [-0.25, -0.2) is 9.98 Å². The second kappa shape index (κ2) is 9.35. The van der Waals surface area contributed by atoms with Gasteiger partial charge in [0.25, 0.3) is 0 Å². The maximum Gasteiger partial charge on any atom is 0.191 e. The SMILES string of the molecule is CCNC(=NCc1ccnn1C)NCc1nc2cc(Cl)ccc2s1.I. The van der Waals surface area contributed by atoms with Gasteiger partial charge in [0, 0.05) is 24.8 Å². The van der Waals surface area contributed by atoms with Crippen molar-refractivity contribution in [3.8, 4) is 0 Å². The molecule has 2 N–H and O–H groups in total. The number of nitrogens with zero attached hydrogens (tertiary/aromatic N) is 4. The van der Waals surface area contributed by atoms with Crippen molar-refractivity contribution in [2.24, 2.45) is 12.0 Å². The number of thiazole rings is 1. The van der Waals surface area contributed by atoms with Crippen molar-refractivity contribution in [3.63, 3.8) is 0 Å². The number of aliphatic imine (C=N–C) groups is 1. The number of aryl methyl sites for hydroxylation is 1. The number of aromatic nitrogens is 3. The summed E-state index contributed by atoms with van der Waals surface area (Å²) in [5.41, 5.74) is 1.99. The molecule has 2 aromatic heterocycles. The maximum atomic E-state index is 6.01. The van der Waals surface area contributed by atoms with E-state index in [1.165, 1.54) is 0 Å². The van der Waals surface area contributed by atoms with E-state index >= 15 is 0 Å². The molecule has 2 heterocycles. The molecule has 0 saturated heterocycles. The Morgan fingerprint density at radius 1 is 1.32 bits per heavy atom. The Balaban J connectivity index is 0.00000225. The lowest BCUT2D eigenvalue weighted by atomic mass is 10.3. The zero-order valence-electron chi connectivity index (χ0n) is 14.0. The number of benzene rings is 1. The largest absolute Gasteiger partial charge is 0.357 e. The molecule has 0 atom stereocenters. The molecule has 0 aliphatic carbocycles. The first-order valence-electron chi connectivity index (χ1n) is 7.69. The van der Waals surface area contributed by atoms with Crippen LogP contribution in [0.5, 0.6) is 0 Å². The van der Waals surface area contributed by atoms with Crippen molar-refractivity contribution < 1.29 is 0 Å². The van der Waals surface area contributed by atoms with E-state index in [0.29, 0.717) is 18.1 Å². The van der Waals surface area contributed by atoms with Gasteiger partial charge in [0.1, 0.15) is 5.01 Å². The smallest absolute Gasteiger partial charge is 0.191 e. The topological polar surface area (TPSA) is 67.1 Å². The van der Waals surface area contributed by atoms with Crippen LogP contribution in [-0.2, 0) is 20.1 Å². The molecule has 0 radical (unpaired) electrons. The third-order valence-corrected chi connectivity index (χ3v) is 4.74. The number of nitrogens with one attached hydrogen (secondary N) is 2. The highest BCUT2D eigenvalue weighted by Crippen LogP contribution is 2.24. The monoisotopic (exact) mass is 490 g/mol. The molecule has 1 aromatic carbocycles. The average Bonchev–Trinajstić information content (AvgIpc) is 3.15. The minimum atomic E-state index is 0. The van der Waals surface area contributed by atoms with Gasteiger partial charge in [-0.05, 0) is 31.2 Å². The second-order valence-corrected chi connectivity index (χ2v) is 6.77. The predicted octanol–water partition coefficient (Wildman–Crippen LogP) is 3.56. The highest BCUT2D eigenvalue weighted by atomic mass is 127. The maximum absolute atomic E-state index is 6.01. The van der Waals surface area contributed by atoms with E-state index in [9.17, 15) is 0 Å². The van der Waals surface area contributed by atoms with Gasteiger partial charge < -0.3 is 10.6 Å². The summed E-state index contributed by atoms with van der Waals surface area (Å²) in [6.07, 6.45) is 1.78. The molecule has 134 valence electrons.